The third-order valence-corrected chi connectivity index (χ3v) is 4.40. The van der Waals surface area contributed by atoms with E-state index in [-0.39, 0.29) is 0 Å². The lowest BCUT2D eigenvalue weighted by Crippen LogP contribution is -1.99. The number of benzene rings is 1. The Kier molecular flexibility index (Phi) is 3.55. The van der Waals surface area contributed by atoms with Gasteiger partial charge in [0.1, 0.15) is 5.75 Å². The molecular formula is C15H18N4OS. The Morgan fingerprint density at radius 1 is 1.33 bits per heavy atom. The predicted molar refractivity (Wildman–Crippen MR) is 86.8 cm³/mol. The summed E-state index contributed by atoms with van der Waals surface area (Å²) in [5.41, 5.74) is 8.80. The van der Waals surface area contributed by atoms with Crippen molar-refractivity contribution >= 4 is 27.5 Å². The van der Waals surface area contributed by atoms with Crippen LogP contribution in [0.15, 0.2) is 18.2 Å². The number of nitrogens with zero attached hydrogens (tertiary/aromatic N) is 3. The summed E-state index contributed by atoms with van der Waals surface area (Å²) in [6.07, 6.45) is 1.04. The van der Waals surface area contributed by atoms with Crippen molar-refractivity contribution in [1.82, 2.24) is 14.5 Å². The summed E-state index contributed by atoms with van der Waals surface area (Å²) >= 11 is 1.48. The summed E-state index contributed by atoms with van der Waals surface area (Å²) < 4.78 is 7.52. The van der Waals surface area contributed by atoms with Gasteiger partial charge in [0.05, 0.1) is 28.7 Å². The lowest BCUT2D eigenvalue weighted by Gasteiger charge is -2.06. The Morgan fingerprint density at radius 3 is 2.76 bits per heavy atom. The van der Waals surface area contributed by atoms with Crippen molar-refractivity contribution in [3.63, 3.8) is 0 Å². The van der Waals surface area contributed by atoms with Gasteiger partial charge in [-0.15, -0.1) is 0 Å². The van der Waals surface area contributed by atoms with Crippen LogP contribution in [-0.2, 0) is 6.54 Å². The van der Waals surface area contributed by atoms with Crippen LogP contribution in [0.4, 0.5) is 5.13 Å². The highest BCUT2D eigenvalue weighted by Gasteiger charge is 2.17. The number of hydrogen-bond acceptors (Lipinski definition) is 5. The molecule has 2 aromatic heterocycles. The van der Waals surface area contributed by atoms with Crippen LogP contribution in [0.3, 0.4) is 0 Å². The van der Waals surface area contributed by atoms with Crippen LogP contribution < -0.4 is 10.5 Å². The first-order valence-corrected chi connectivity index (χ1v) is 7.73. The summed E-state index contributed by atoms with van der Waals surface area (Å²) in [6, 6.07) is 5.98. The number of hydrogen-bond donors (Lipinski definition) is 1. The van der Waals surface area contributed by atoms with Crippen molar-refractivity contribution in [2.45, 2.75) is 26.8 Å². The molecule has 2 N–H and O–H groups in total. The van der Waals surface area contributed by atoms with Gasteiger partial charge in [0.2, 0.25) is 0 Å². The Hall–Kier alpha value is -2.08. The third-order valence-electron chi connectivity index (χ3n) is 3.42. The molecule has 0 spiro atoms. The first kappa shape index (κ1) is 13.9. The molecule has 0 radical (unpaired) electrons. The van der Waals surface area contributed by atoms with Gasteiger partial charge >= 0.3 is 0 Å². The standard InChI is InChI=1S/C15H18N4OS/c1-4-7-19-12-6-5-10(20-3)8-11(12)18-14(19)13-9(2)17-15(16)21-13/h5-6,8H,4,7H2,1-3H3,(H2,16,17). The van der Waals surface area contributed by atoms with Crippen LogP contribution in [0.1, 0.15) is 19.0 Å². The summed E-state index contributed by atoms with van der Waals surface area (Å²) in [5, 5.41) is 0.579. The quantitative estimate of drug-likeness (QED) is 0.801. The molecule has 0 saturated heterocycles. The minimum Gasteiger partial charge on any atom is -0.497 e. The van der Waals surface area contributed by atoms with E-state index in [1.54, 1.807) is 7.11 Å². The Bertz CT molecular complexity index is 790. The fourth-order valence-electron chi connectivity index (χ4n) is 2.48. The maximum absolute atomic E-state index is 5.83. The fraction of sp³-hybridized carbons (Fsp3) is 0.333. The van der Waals surface area contributed by atoms with Crippen molar-refractivity contribution < 1.29 is 4.74 Å². The molecule has 0 atom stereocenters. The van der Waals surface area contributed by atoms with E-state index in [0.29, 0.717) is 5.13 Å². The lowest BCUT2D eigenvalue weighted by atomic mass is 10.3. The lowest BCUT2D eigenvalue weighted by molar-refractivity contribution is 0.415. The molecule has 5 nitrogen and oxygen atoms in total. The average molecular weight is 302 g/mol. The molecule has 6 heteroatoms. The molecule has 0 aliphatic carbocycles. The van der Waals surface area contributed by atoms with Gasteiger partial charge in [0, 0.05) is 12.6 Å². The van der Waals surface area contributed by atoms with Gasteiger partial charge in [0.25, 0.3) is 0 Å². The molecular weight excluding hydrogens is 284 g/mol. The number of nitrogens with two attached hydrogens (primary N) is 1. The minimum absolute atomic E-state index is 0.579. The number of methoxy groups -OCH3 is 1. The number of rotatable bonds is 4. The van der Waals surface area contributed by atoms with E-state index in [4.69, 9.17) is 15.5 Å². The highest BCUT2D eigenvalue weighted by molar-refractivity contribution is 7.18. The zero-order chi connectivity index (χ0) is 15.0. The Morgan fingerprint density at radius 2 is 2.14 bits per heavy atom. The highest BCUT2D eigenvalue weighted by atomic mass is 32.1. The molecule has 0 fully saturated rings. The van der Waals surface area contributed by atoms with Gasteiger partial charge in [-0.05, 0) is 25.5 Å². The monoisotopic (exact) mass is 302 g/mol. The second-order valence-corrected chi connectivity index (χ2v) is 5.94. The number of nitrogen functional groups attached to an aromatic ring is 1. The number of imidazole rings is 1. The zero-order valence-electron chi connectivity index (χ0n) is 12.4. The van der Waals surface area contributed by atoms with Crippen molar-refractivity contribution in [1.29, 1.82) is 0 Å². The van der Waals surface area contributed by atoms with Gasteiger partial charge < -0.3 is 15.0 Å². The van der Waals surface area contributed by atoms with Crippen LogP contribution in [-0.4, -0.2) is 21.6 Å². The minimum atomic E-state index is 0.579. The molecule has 3 aromatic rings. The van der Waals surface area contributed by atoms with Gasteiger partial charge in [-0.25, -0.2) is 9.97 Å². The molecule has 0 unspecified atom stereocenters. The number of ether oxygens (including phenoxy) is 1. The van der Waals surface area contributed by atoms with E-state index >= 15 is 0 Å². The first-order valence-electron chi connectivity index (χ1n) is 6.91. The molecule has 3 rings (SSSR count). The van der Waals surface area contributed by atoms with Crippen molar-refractivity contribution in [3.05, 3.63) is 23.9 Å². The van der Waals surface area contributed by atoms with E-state index in [2.05, 4.69) is 22.5 Å². The Balaban J connectivity index is 2.25. The third kappa shape index (κ3) is 2.35. The van der Waals surface area contributed by atoms with Gasteiger partial charge in [0.15, 0.2) is 11.0 Å². The van der Waals surface area contributed by atoms with E-state index < -0.39 is 0 Å². The normalized spacial score (nSPS) is 11.2. The van der Waals surface area contributed by atoms with E-state index in [1.165, 1.54) is 11.3 Å². The summed E-state index contributed by atoms with van der Waals surface area (Å²) in [7, 11) is 1.67. The molecule has 0 aliphatic rings. The molecule has 0 amide bonds. The fourth-order valence-corrected chi connectivity index (χ4v) is 3.32. The summed E-state index contributed by atoms with van der Waals surface area (Å²) in [4.78, 5) is 10.1. The van der Waals surface area contributed by atoms with Gasteiger partial charge in [-0.1, -0.05) is 18.3 Å². The molecule has 0 bridgehead atoms. The largest absolute Gasteiger partial charge is 0.497 e. The number of thiazole rings is 1. The van der Waals surface area contributed by atoms with Crippen molar-refractivity contribution in [2.24, 2.45) is 0 Å². The molecule has 21 heavy (non-hydrogen) atoms. The second kappa shape index (κ2) is 5.37. The highest BCUT2D eigenvalue weighted by Crippen LogP contribution is 2.34. The second-order valence-electron chi connectivity index (χ2n) is 4.91. The summed E-state index contributed by atoms with van der Waals surface area (Å²) in [5.74, 6) is 1.75. The van der Waals surface area contributed by atoms with Gasteiger partial charge in [-0.2, -0.15) is 0 Å². The number of aromatic nitrogens is 3. The maximum atomic E-state index is 5.83. The first-order chi connectivity index (χ1) is 10.1. The SMILES string of the molecule is CCCn1c(-c2sc(N)nc2C)nc2cc(OC)ccc21. The van der Waals surface area contributed by atoms with E-state index in [0.717, 1.165) is 46.1 Å². The van der Waals surface area contributed by atoms with Crippen LogP contribution >= 0.6 is 11.3 Å². The van der Waals surface area contributed by atoms with Crippen molar-refractivity contribution in [3.8, 4) is 16.5 Å². The maximum Gasteiger partial charge on any atom is 0.180 e. The van der Waals surface area contributed by atoms with Crippen LogP contribution in [0.25, 0.3) is 21.7 Å². The average Bonchev–Trinajstić information content (AvgIpc) is 2.99. The predicted octanol–water partition coefficient (Wildman–Crippen LogP) is 3.47. The molecule has 1 aromatic carbocycles. The topological polar surface area (TPSA) is 66.0 Å². The Labute approximate surface area is 127 Å². The smallest absolute Gasteiger partial charge is 0.180 e. The molecule has 0 aliphatic heterocycles. The van der Waals surface area contributed by atoms with E-state index in [1.807, 2.05) is 19.1 Å². The van der Waals surface area contributed by atoms with Crippen LogP contribution in [0.5, 0.6) is 5.75 Å². The number of aryl methyl sites for hydroxylation is 2. The van der Waals surface area contributed by atoms with E-state index in [9.17, 15) is 0 Å². The number of fused-ring (bicyclic) bond motifs is 1. The molecule has 0 saturated carbocycles. The molecule has 2 heterocycles. The zero-order valence-corrected chi connectivity index (χ0v) is 13.2. The van der Waals surface area contributed by atoms with Gasteiger partial charge in [-0.3, -0.25) is 0 Å². The van der Waals surface area contributed by atoms with Crippen LogP contribution in [0, 0.1) is 6.92 Å². The summed E-state index contributed by atoms with van der Waals surface area (Å²) in [6.45, 7) is 5.04. The van der Waals surface area contributed by atoms with Crippen molar-refractivity contribution in [2.75, 3.05) is 12.8 Å². The van der Waals surface area contributed by atoms with Crippen LogP contribution in [0.2, 0.25) is 0 Å². The number of anilines is 1. The molecule has 110 valence electrons.